The third-order valence-electron chi connectivity index (χ3n) is 6.93. The molecule has 1 atom stereocenters. The minimum Gasteiger partial charge on any atom is -0.484 e. The van der Waals surface area contributed by atoms with Crippen molar-refractivity contribution in [1.29, 1.82) is 0 Å². The molecule has 3 N–H and O–H groups in total. The number of nitrogens with one attached hydrogen (secondary N) is 2. The summed E-state index contributed by atoms with van der Waals surface area (Å²) in [6, 6.07) is 7.93. The smallest absolute Gasteiger partial charge is 0.251 e. The van der Waals surface area contributed by atoms with Crippen LogP contribution in [0.3, 0.4) is 0 Å². The van der Waals surface area contributed by atoms with E-state index < -0.39 is 6.10 Å². The van der Waals surface area contributed by atoms with Crippen LogP contribution < -0.4 is 15.4 Å². The lowest BCUT2D eigenvalue weighted by molar-refractivity contribution is 0.0841. The molecule has 0 saturated heterocycles. The van der Waals surface area contributed by atoms with Gasteiger partial charge in [0.05, 0.1) is 16.8 Å². The number of rotatable bonds is 10. The first kappa shape index (κ1) is 28.4. The predicted octanol–water partition coefficient (Wildman–Crippen LogP) is 4.03. The van der Waals surface area contributed by atoms with Crippen LogP contribution in [0.2, 0.25) is 0 Å². The average molecular weight is 605 g/mol. The lowest BCUT2D eigenvalue weighted by atomic mass is 9.99. The second kappa shape index (κ2) is 13.5. The van der Waals surface area contributed by atoms with Gasteiger partial charge in [-0.05, 0) is 64.5 Å². The minimum absolute atomic E-state index is 0. The zero-order valence-electron chi connectivity index (χ0n) is 21.2. The molecule has 1 aliphatic carbocycles. The van der Waals surface area contributed by atoms with Gasteiger partial charge >= 0.3 is 0 Å². The molecule has 1 aromatic carbocycles. The molecule has 1 amide bonds. The van der Waals surface area contributed by atoms with E-state index in [4.69, 9.17) is 9.15 Å². The molecule has 1 fully saturated rings. The number of oxazole rings is 1. The standard InChI is InChI=1S/C27H32BrN5O4.H2S/c28-26-23-8-10-33(14-19(23)5-6-24(26)36-16-22-13-29-17-37-22)15-21(34)12-31-27(35)18-7-9-30-25(11-18)32-20-3-1-2-4-20;/h5-7,9,11,13,17,20-21,34H,1-4,8,10,12,14-16H2,(H,30,32)(H,31,35);1H2/t21-;/m0./s1. The fraction of sp³-hybridized carbons (Fsp3) is 0.444. The van der Waals surface area contributed by atoms with Gasteiger partial charge in [-0.1, -0.05) is 18.9 Å². The Kier molecular flexibility index (Phi) is 10.1. The van der Waals surface area contributed by atoms with Crippen molar-refractivity contribution in [1.82, 2.24) is 20.2 Å². The van der Waals surface area contributed by atoms with Crippen LogP contribution in [-0.2, 0) is 19.6 Å². The Balaban J connectivity index is 0.00000336. The number of aliphatic hydroxyl groups is 1. The molecule has 5 rings (SSSR count). The number of aliphatic hydroxyl groups excluding tert-OH is 1. The van der Waals surface area contributed by atoms with Gasteiger partial charge < -0.3 is 24.9 Å². The maximum absolute atomic E-state index is 12.7. The van der Waals surface area contributed by atoms with Gasteiger partial charge in [-0.15, -0.1) is 0 Å². The molecule has 3 heterocycles. The number of carbonyl (C=O) groups is 1. The van der Waals surface area contributed by atoms with Crippen LogP contribution in [0, 0.1) is 0 Å². The molecule has 3 aromatic rings. The molecule has 204 valence electrons. The molecular weight excluding hydrogens is 570 g/mol. The van der Waals surface area contributed by atoms with E-state index in [9.17, 15) is 9.90 Å². The molecular formula is C27H34BrN5O4S. The summed E-state index contributed by atoms with van der Waals surface area (Å²) in [7, 11) is 0. The van der Waals surface area contributed by atoms with Crippen LogP contribution in [0.1, 0.15) is 52.9 Å². The number of β-amino-alcohol motifs (C(OH)–C–C–N with tert-alkyl or cyclic N) is 1. The number of amides is 1. The highest BCUT2D eigenvalue weighted by Crippen LogP contribution is 2.35. The number of ether oxygens (including phenoxy) is 1. The Labute approximate surface area is 238 Å². The number of halogens is 1. The lowest BCUT2D eigenvalue weighted by Gasteiger charge is -2.31. The van der Waals surface area contributed by atoms with Crippen molar-refractivity contribution < 1.29 is 19.1 Å². The summed E-state index contributed by atoms with van der Waals surface area (Å²) in [5, 5.41) is 16.9. The molecule has 0 spiro atoms. The SMILES string of the molecule is O=C(NC[C@H](O)CN1CCc2c(ccc(OCc3cnco3)c2Br)C1)c1ccnc(NC2CCCC2)c1.S. The van der Waals surface area contributed by atoms with Crippen LogP contribution in [0.25, 0.3) is 0 Å². The molecule has 9 nitrogen and oxygen atoms in total. The van der Waals surface area contributed by atoms with Gasteiger partial charge in [0, 0.05) is 44.0 Å². The molecule has 0 radical (unpaired) electrons. The van der Waals surface area contributed by atoms with Gasteiger partial charge in [0.2, 0.25) is 0 Å². The number of nitrogens with zero attached hydrogens (tertiary/aromatic N) is 3. The summed E-state index contributed by atoms with van der Waals surface area (Å²) in [4.78, 5) is 23.1. The van der Waals surface area contributed by atoms with E-state index in [0.29, 0.717) is 30.5 Å². The number of carbonyl (C=O) groups excluding carboxylic acids is 1. The van der Waals surface area contributed by atoms with Gasteiger partial charge in [0.25, 0.3) is 5.91 Å². The number of fused-ring (bicyclic) bond motifs is 1. The van der Waals surface area contributed by atoms with Crippen LogP contribution in [0.15, 0.2) is 51.9 Å². The Morgan fingerprint density at radius 1 is 1.29 bits per heavy atom. The molecule has 0 unspecified atom stereocenters. The van der Waals surface area contributed by atoms with Crippen molar-refractivity contribution >= 4 is 41.2 Å². The Hall–Kier alpha value is -2.60. The maximum atomic E-state index is 12.7. The molecule has 2 aliphatic rings. The molecule has 0 bridgehead atoms. The highest BCUT2D eigenvalue weighted by molar-refractivity contribution is 9.10. The van der Waals surface area contributed by atoms with Crippen LogP contribution in [0.4, 0.5) is 5.82 Å². The quantitative estimate of drug-likeness (QED) is 0.318. The summed E-state index contributed by atoms with van der Waals surface area (Å²) < 4.78 is 12.1. The van der Waals surface area contributed by atoms with E-state index in [0.717, 1.165) is 48.4 Å². The zero-order valence-corrected chi connectivity index (χ0v) is 23.7. The largest absolute Gasteiger partial charge is 0.484 e. The van der Waals surface area contributed by atoms with Gasteiger partial charge in [0.15, 0.2) is 12.2 Å². The van der Waals surface area contributed by atoms with Crippen molar-refractivity contribution in [3.05, 3.63) is 70.0 Å². The molecule has 1 aliphatic heterocycles. The molecule has 1 saturated carbocycles. The average Bonchev–Trinajstić information content (AvgIpc) is 3.62. The molecule has 38 heavy (non-hydrogen) atoms. The summed E-state index contributed by atoms with van der Waals surface area (Å²) >= 11 is 3.70. The second-order valence-electron chi connectivity index (χ2n) is 9.68. The Morgan fingerprint density at radius 2 is 2.13 bits per heavy atom. The first-order valence-corrected chi connectivity index (χ1v) is 13.6. The van der Waals surface area contributed by atoms with E-state index in [1.165, 1.54) is 30.4 Å². The predicted molar refractivity (Wildman–Crippen MR) is 153 cm³/mol. The number of aromatic nitrogens is 2. The van der Waals surface area contributed by atoms with E-state index in [-0.39, 0.29) is 25.9 Å². The number of benzene rings is 1. The van der Waals surface area contributed by atoms with Gasteiger partial charge in [-0.25, -0.2) is 9.97 Å². The normalized spacial score (nSPS) is 16.4. The first-order valence-electron chi connectivity index (χ1n) is 12.8. The number of hydrogen-bond acceptors (Lipinski definition) is 8. The van der Waals surface area contributed by atoms with Crippen molar-refractivity contribution in [3.8, 4) is 5.75 Å². The van der Waals surface area contributed by atoms with E-state index in [1.807, 2.05) is 6.07 Å². The third-order valence-corrected chi connectivity index (χ3v) is 7.80. The summed E-state index contributed by atoms with van der Waals surface area (Å²) in [6.07, 6.45) is 9.59. The Bertz CT molecular complexity index is 1210. The highest BCUT2D eigenvalue weighted by Gasteiger charge is 2.23. The summed E-state index contributed by atoms with van der Waals surface area (Å²) in [5.41, 5.74) is 2.95. The van der Waals surface area contributed by atoms with Gasteiger partial charge in [0.1, 0.15) is 18.2 Å². The van der Waals surface area contributed by atoms with Crippen molar-refractivity contribution in [2.24, 2.45) is 0 Å². The number of anilines is 1. The maximum Gasteiger partial charge on any atom is 0.251 e. The minimum atomic E-state index is -0.670. The fourth-order valence-electron chi connectivity index (χ4n) is 4.98. The van der Waals surface area contributed by atoms with E-state index in [2.05, 4.69) is 47.5 Å². The van der Waals surface area contributed by atoms with Gasteiger partial charge in [-0.3, -0.25) is 9.69 Å². The number of pyridine rings is 1. The van der Waals surface area contributed by atoms with Crippen LogP contribution in [-0.4, -0.2) is 57.7 Å². The van der Waals surface area contributed by atoms with Crippen LogP contribution >= 0.6 is 29.4 Å². The third kappa shape index (κ3) is 7.28. The fourth-order valence-corrected chi connectivity index (χ4v) is 5.68. The van der Waals surface area contributed by atoms with Crippen molar-refractivity contribution in [3.63, 3.8) is 0 Å². The highest BCUT2D eigenvalue weighted by atomic mass is 79.9. The topological polar surface area (TPSA) is 113 Å². The monoisotopic (exact) mass is 603 g/mol. The van der Waals surface area contributed by atoms with Crippen molar-refractivity contribution in [2.45, 2.75) is 57.4 Å². The Morgan fingerprint density at radius 3 is 2.92 bits per heavy atom. The van der Waals surface area contributed by atoms with Gasteiger partial charge in [-0.2, -0.15) is 13.5 Å². The summed E-state index contributed by atoms with van der Waals surface area (Å²) in [5.74, 6) is 1.96. The van der Waals surface area contributed by atoms with E-state index >= 15 is 0 Å². The summed E-state index contributed by atoms with van der Waals surface area (Å²) in [6.45, 7) is 2.52. The number of hydrogen-bond donors (Lipinski definition) is 3. The van der Waals surface area contributed by atoms with Crippen molar-refractivity contribution in [2.75, 3.05) is 25.0 Å². The lowest BCUT2D eigenvalue weighted by Crippen LogP contribution is -2.42. The molecule has 2 aromatic heterocycles. The molecule has 11 heteroatoms. The second-order valence-corrected chi connectivity index (χ2v) is 10.5. The van der Waals surface area contributed by atoms with E-state index in [1.54, 1.807) is 24.5 Å². The zero-order chi connectivity index (χ0) is 25.6. The van der Waals surface area contributed by atoms with Crippen LogP contribution in [0.5, 0.6) is 5.75 Å². The first-order chi connectivity index (χ1) is 18.0.